The minimum absolute atomic E-state index is 0.0556. The molecular weight excluding hydrogens is 314 g/mol. The van der Waals surface area contributed by atoms with Crippen molar-refractivity contribution < 1.29 is 17.9 Å². The molecule has 3 rings (SSSR count). The summed E-state index contributed by atoms with van der Waals surface area (Å²) >= 11 is 0. The highest BCUT2D eigenvalue weighted by Gasteiger charge is 2.33. The van der Waals surface area contributed by atoms with Gasteiger partial charge in [0.05, 0.1) is 18.6 Å². The lowest BCUT2D eigenvalue weighted by atomic mass is 10.1. The van der Waals surface area contributed by atoms with Crippen LogP contribution in [0.5, 0.6) is 5.75 Å². The first-order valence-corrected chi connectivity index (χ1v) is 9.27. The predicted octanol–water partition coefficient (Wildman–Crippen LogP) is 2.11. The van der Waals surface area contributed by atoms with Crippen LogP contribution in [0.1, 0.15) is 16.8 Å². The molecule has 0 bridgehead atoms. The van der Waals surface area contributed by atoms with Gasteiger partial charge in [0.2, 0.25) is 0 Å². The SMILES string of the molecule is COc1ccc2cc(C(=O)N(C)[C@@H]3CCS(=O)(=O)C3)ccc2c1. The van der Waals surface area contributed by atoms with Gasteiger partial charge in [0.25, 0.3) is 5.91 Å². The first-order valence-electron chi connectivity index (χ1n) is 7.45. The molecule has 2 aromatic rings. The lowest BCUT2D eigenvalue weighted by Crippen LogP contribution is -2.37. The van der Waals surface area contributed by atoms with E-state index in [9.17, 15) is 13.2 Å². The summed E-state index contributed by atoms with van der Waals surface area (Å²) in [5.41, 5.74) is 0.564. The number of methoxy groups -OCH3 is 1. The fourth-order valence-electron chi connectivity index (χ4n) is 2.93. The van der Waals surface area contributed by atoms with Crippen molar-refractivity contribution in [2.75, 3.05) is 25.7 Å². The minimum atomic E-state index is -3.01. The van der Waals surface area contributed by atoms with Gasteiger partial charge in [0, 0.05) is 18.7 Å². The molecule has 0 aromatic heterocycles. The zero-order valence-electron chi connectivity index (χ0n) is 13.2. The monoisotopic (exact) mass is 333 g/mol. The summed E-state index contributed by atoms with van der Waals surface area (Å²) in [7, 11) is 0.281. The first-order chi connectivity index (χ1) is 10.9. The number of carbonyl (C=O) groups is 1. The van der Waals surface area contributed by atoms with Crippen LogP contribution in [0.15, 0.2) is 36.4 Å². The number of amides is 1. The van der Waals surface area contributed by atoms with Crippen molar-refractivity contribution in [1.29, 1.82) is 0 Å². The fraction of sp³-hybridized carbons (Fsp3) is 0.353. The number of benzene rings is 2. The van der Waals surface area contributed by atoms with Gasteiger partial charge in [-0.15, -0.1) is 0 Å². The molecule has 6 heteroatoms. The van der Waals surface area contributed by atoms with E-state index in [-0.39, 0.29) is 23.5 Å². The molecule has 122 valence electrons. The molecule has 1 atom stereocenters. The molecule has 2 aromatic carbocycles. The number of sulfone groups is 1. The Morgan fingerprint density at radius 3 is 2.52 bits per heavy atom. The van der Waals surface area contributed by atoms with Gasteiger partial charge in [-0.1, -0.05) is 12.1 Å². The van der Waals surface area contributed by atoms with E-state index in [1.165, 1.54) is 0 Å². The molecule has 1 fully saturated rings. The Morgan fingerprint density at radius 2 is 1.87 bits per heavy atom. The van der Waals surface area contributed by atoms with Crippen LogP contribution in [0.25, 0.3) is 10.8 Å². The van der Waals surface area contributed by atoms with Crippen LogP contribution in [0.3, 0.4) is 0 Å². The summed E-state index contributed by atoms with van der Waals surface area (Å²) in [5, 5.41) is 1.94. The van der Waals surface area contributed by atoms with E-state index in [2.05, 4.69) is 0 Å². The number of fused-ring (bicyclic) bond motifs is 1. The molecule has 0 spiro atoms. The van der Waals surface area contributed by atoms with E-state index in [4.69, 9.17) is 4.74 Å². The maximum absolute atomic E-state index is 12.6. The largest absolute Gasteiger partial charge is 0.497 e. The number of ether oxygens (including phenoxy) is 1. The summed E-state index contributed by atoms with van der Waals surface area (Å²) in [6.07, 6.45) is 0.509. The average Bonchev–Trinajstić information content (AvgIpc) is 2.92. The second-order valence-electron chi connectivity index (χ2n) is 5.90. The highest BCUT2D eigenvalue weighted by Crippen LogP contribution is 2.24. The molecule has 1 heterocycles. The van der Waals surface area contributed by atoms with Crippen LogP contribution in [0, 0.1) is 0 Å². The van der Waals surface area contributed by atoms with Crippen molar-refractivity contribution in [3.05, 3.63) is 42.0 Å². The summed E-state index contributed by atoms with van der Waals surface area (Å²) in [6, 6.07) is 10.9. The quantitative estimate of drug-likeness (QED) is 0.863. The smallest absolute Gasteiger partial charge is 0.253 e. The molecule has 5 nitrogen and oxygen atoms in total. The minimum Gasteiger partial charge on any atom is -0.497 e. The van der Waals surface area contributed by atoms with Crippen molar-refractivity contribution in [1.82, 2.24) is 4.90 Å². The normalized spacial score (nSPS) is 19.7. The Morgan fingerprint density at radius 1 is 1.17 bits per heavy atom. The van der Waals surface area contributed by atoms with Gasteiger partial charge >= 0.3 is 0 Å². The average molecular weight is 333 g/mol. The van der Waals surface area contributed by atoms with Crippen LogP contribution in [0.2, 0.25) is 0 Å². The van der Waals surface area contributed by atoms with Crippen molar-refractivity contribution in [3.8, 4) is 5.75 Å². The molecule has 0 radical (unpaired) electrons. The van der Waals surface area contributed by atoms with Gasteiger partial charge < -0.3 is 9.64 Å². The Balaban J connectivity index is 1.86. The third-order valence-corrected chi connectivity index (χ3v) is 6.12. The molecule has 1 amide bonds. The standard InChI is InChI=1S/C17H19NO4S/c1-18(15-7-8-23(20,21)11-15)17(19)14-4-3-13-10-16(22-2)6-5-12(13)9-14/h3-6,9-10,15H,7-8,11H2,1-2H3/t15-/m1/s1. The van der Waals surface area contributed by atoms with Gasteiger partial charge in [-0.25, -0.2) is 8.42 Å². The Hall–Kier alpha value is -2.08. The number of carbonyl (C=O) groups excluding carboxylic acids is 1. The van der Waals surface area contributed by atoms with Gasteiger partial charge in [-0.3, -0.25) is 4.79 Å². The van der Waals surface area contributed by atoms with Crippen molar-refractivity contribution in [2.45, 2.75) is 12.5 Å². The molecule has 0 aliphatic carbocycles. The molecule has 0 N–H and O–H groups in total. The molecular formula is C17H19NO4S. The zero-order chi connectivity index (χ0) is 16.6. The number of nitrogens with zero attached hydrogens (tertiary/aromatic N) is 1. The number of hydrogen-bond acceptors (Lipinski definition) is 4. The maximum atomic E-state index is 12.6. The van der Waals surface area contributed by atoms with Crippen molar-refractivity contribution in [2.24, 2.45) is 0 Å². The lowest BCUT2D eigenvalue weighted by molar-refractivity contribution is 0.0748. The van der Waals surface area contributed by atoms with Gasteiger partial charge in [0.1, 0.15) is 5.75 Å². The van der Waals surface area contributed by atoms with E-state index in [0.29, 0.717) is 12.0 Å². The highest BCUT2D eigenvalue weighted by molar-refractivity contribution is 7.91. The number of rotatable bonds is 3. The summed E-state index contributed by atoms with van der Waals surface area (Å²) < 4.78 is 28.4. The summed E-state index contributed by atoms with van der Waals surface area (Å²) in [4.78, 5) is 14.2. The van der Waals surface area contributed by atoms with Crippen LogP contribution in [-0.2, 0) is 9.84 Å². The number of hydrogen-bond donors (Lipinski definition) is 0. The summed E-state index contributed by atoms with van der Waals surface area (Å²) in [6.45, 7) is 0. The van der Waals surface area contributed by atoms with E-state index in [1.54, 1.807) is 25.1 Å². The zero-order valence-corrected chi connectivity index (χ0v) is 14.0. The second-order valence-corrected chi connectivity index (χ2v) is 8.13. The van der Waals surface area contributed by atoms with Crippen molar-refractivity contribution >= 4 is 26.5 Å². The molecule has 0 saturated carbocycles. The maximum Gasteiger partial charge on any atom is 0.253 e. The molecule has 23 heavy (non-hydrogen) atoms. The third-order valence-electron chi connectivity index (χ3n) is 4.37. The third kappa shape index (κ3) is 3.17. The van der Waals surface area contributed by atoms with E-state index in [1.807, 2.05) is 30.3 Å². The van der Waals surface area contributed by atoms with Crippen molar-refractivity contribution in [3.63, 3.8) is 0 Å². The summed E-state index contributed by atoms with van der Waals surface area (Å²) in [5.74, 6) is 0.835. The van der Waals surface area contributed by atoms with Crippen LogP contribution >= 0.6 is 0 Å². The Kier molecular flexibility index (Phi) is 4.02. The topological polar surface area (TPSA) is 63.7 Å². The van der Waals surface area contributed by atoms with E-state index >= 15 is 0 Å². The Bertz CT molecular complexity index is 860. The van der Waals surface area contributed by atoms with Gasteiger partial charge in [-0.2, -0.15) is 0 Å². The highest BCUT2D eigenvalue weighted by atomic mass is 32.2. The lowest BCUT2D eigenvalue weighted by Gasteiger charge is -2.23. The second kappa shape index (κ2) is 5.85. The van der Waals surface area contributed by atoms with Crippen LogP contribution in [-0.4, -0.2) is 50.9 Å². The predicted molar refractivity (Wildman–Crippen MR) is 89.7 cm³/mol. The Labute approximate surface area is 135 Å². The van der Waals surface area contributed by atoms with Gasteiger partial charge in [0.15, 0.2) is 9.84 Å². The molecule has 1 saturated heterocycles. The first kappa shape index (κ1) is 15.8. The van der Waals surface area contributed by atoms with Gasteiger partial charge in [-0.05, 0) is 41.5 Å². The fourth-order valence-corrected chi connectivity index (χ4v) is 4.71. The van der Waals surface area contributed by atoms with E-state index < -0.39 is 9.84 Å². The van der Waals surface area contributed by atoms with E-state index in [0.717, 1.165) is 16.5 Å². The molecule has 1 aliphatic heterocycles. The molecule has 1 aliphatic rings. The van der Waals surface area contributed by atoms with Crippen LogP contribution < -0.4 is 4.74 Å². The van der Waals surface area contributed by atoms with Crippen LogP contribution in [0.4, 0.5) is 0 Å². The molecule has 0 unspecified atom stereocenters.